The Kier molecular flexibility index (Phi) is 5.87. The van der Waals surface area contributed by atoms with Crippen LogP contribution in [0.2, 0.25) is 0 Å². The van der Waals surface area contributed by atoms with Crippen LogP contribution < -0.4 is 5.32 Å². The van der Waals surface area contributed by atoms with E-state index in [0.29, 0.717) is 17.8 Å². The number of esters is 1. The maximum atomic E-state index is 13.3. The third-order valence-corrected chi connectivity index (χ3v) is 9.31. The summed E-state index contributed by atoms with van der Waals surface area (Å²) in [5, 5.41) is 13.2. The van der Waals surface area contributed by atoms with Crippen LogP contribution in [0.25, 0.3) is 0 Å². The number of methoxy groups -OCH3 is 1. The maximum Gasteiger partial charge on any atom is 0.328 e. The highest BCUT2D eigenvalue weighted by atomic mass is 16.5. The van der Waals surface area contributed by atoms with Crippen molar-refractivity contribution in [3.63, 3.8) is 0 Å². The van der Waals surface area contributed by atoms with Crippen LogP contribution in [0.15, 0.2) is 23.3 Å². The molecule has 5 heteroatoms. The molecular formula is C26H39NO4. The Hall–Kier alpha value is -1.62. The number of carbonyl (C=O) groups excluding carboxylic acids is 2. The minimum absolute atomic E-state index is 0.0266. The van der Waals surface area contributed by atoms with Crippen LogP contribution in [0, 0.1) is 34.5 Å². The molecule has 4 rings (SSSR count). The van der Waals surface area contributed by atoms with Gasteiger partial charge in [-0.15, -0.1) is 0 Å². The van der Waals surface area contributed by atoms with Gasteiger partial charge in [0.25, 0.3) is 0 Å². The van der Waals surface area contributed by atoms with Crippen molar-refractivity contribution in [1.82, 2.24) is 5.32 Å². The summed E-state index contributed by atoms with van der Waals surface area (Å²) in [7, 11) is 1.37. The fourth-order valence-corrected chi connectivity index (χ4v) is 7.40. The van der Waals surface area contributed by atoms with E-state index in [9.17, 15) is 14.7 Å². The van der Waals surface area contributed by atoms with E-state index in [1.807, 2.05) is 13.8 Å². The van der Waals surface area contributed by atoms with Crippen LogP contribution in [-0.2, 0) is 14.3 Å². The Morgan fingerprint density at radius 3 is 2.48 bits per heavy atom. The van der Waals surface area contributed by atoms with Crippen molar-refractivity contribution in [2.45, 2.75) is 84.8 Å². The van der Waals surface area contributed by atoms with Gasteiger partial charge in [0.1, 0.15) is 6.04 Å². The molecule has 0 bridgehead atoms. The fourth-order valence-electron chi connectivity index (χ4n) is 7.40. The molecule has 0 radical (unpaired) electrons. The SMILES string of the molecule is COC(=O)C(NC(=O)C1=CC[C@H]2[C@@H]3CC=C4C[C@@H](O)CC[C@]4(C)[C@H]3CC[C@@]12C)C(C)C. The fraction of sp³-hybridized carbons (Fsp3) is 0.769. The second kappa shape index (κ2) is 8.06. The first kappa shape index (κ1) is 22.6. The molecule has 2 saturated carbocycles. The summed E-state index contributed by atoms with van der Waals surface area (Å²) < 4.78 is 4.91. The van der Waals surface area contributed by atoms with Gasteiger partial charge in [0.05, 0.1) is 13.2 Å². The van der Waals surface area contributed by atoms with Gasteiger partial charge in [-0.1, -0.05) is 45.4 Å². The van der Waals surface area contributed by atoms with E-state index in [2.05, 4.69) is 31.3 Å². The van der Waals surface area contributed by atoms with Gasteiger partial charge in [-0.05, 0) is 74.0 Å². The maximum absolute atomic E-state index is 13.3. The molecule has 4 aliphatic rings. The predicted octanol–water partition coefficient (Wildman–Crippen LogP) is 4.16. The Morgan fingerprint density at radius 1 is 1.10 bits per heavy atom. The number of ether oxygens (including phenoxy) is 1. The van der Waals surface area contributed by atoms with Crippen molar-refractivity contribution in [3.8, 4) is 0 Å². The van der Waals surface area contributed by atoms with Gasteiger partial charge in [-0.3, -0.25) is 4.79 Å². The number of aliphatic hydroxyl groups excluding tert-OH is 1. The molecule has 1 unspecified atom stereocenters. The van der Waals surface area contributed by atoms with E-state index >= 15 is 0 Å². The molecule has 0 aromatic carbocycles. The third-order valence-electron chi connectivity index (χ3n) is 9.31. The average molecular weight is 430 g/mol. The summed E-state index contributed by atoms with van der Waals surface area (Å²) in [6.45, 7) is 8.54. The molecule has 172 valence electrons. The molecular weight excluding hydrogens is 390 g/mol. The Labute approximate surface area is 186 Å². The largest absolute Gasteiger partial charge is 0.467 e. The van der Waals surface area contributed by atoms with Crippen molar-refractivity contribution in [3.05, 3.63) is 23.3 Å². The number of amides is 1. The van der Waals surface area contributed by atoms with Gasteiger partial charge in [-0.2, -0.15) is 0 Å². The van der Waals surface area contributed by atoms with Gasteiger partial charge in [0.15, 0.2) is 0 Å². The average Bonchev–Trinajstić information content (AvgIpc) is 3.09. The molecule has 2 fully saturated rings. The smallest absolute Gasteiger partial charge is 0.328 e. The molecule has 0 saturated heterocycles. The predicted molar refractivity (Wildman–Crippen MR) is 120 cm³/mol. The zero-order valence-electron chi connectivity index (χ0n) is 19.7. The summed E-state index contributed by atoms with van der Waals surface area (Å²) >= 11 is 0. The number of allylic oxidation sites excluding steroid dienone is 2. The number of carbonyl (C=O) groups is 2. The number of nitrogens with one attached hydrogen (secondary N) is 1. The number of fused-ring (bicyclic) bond motifs is 5. The van der Waals surface area contributed by atoms with E-state index < -0.39 is 6.04 Å². The van der Waals surface area contributed by atoms with Crippen molar-refractivity contribution in [1.29, 1.82) is 0 Å². The zero-order chi connectivity index (χ0) is 22.6. The monoisotopic (exact) mass is 429 g/mol. The molecule has 5 nitrogen and oxygen atoms in total. The van der Waals surface area contributed by atoms with Gasteiger partial charge in [0.2, 0.25) is 5.91 Å². The van der Waals surface area contributed by atoms with E-state index in [4.69, 9.17) is 4.74 Å². The number of hydrogen-bond acceptors (Lipinski definition) is 4. The molecule has 0 aromatic rings. The molecule has 31 heavy (non-hydrogen) atoms. The van der Waals surface area contributed by atoms with E-state index in [1.54, 1.807) is 0 Å². The van der Waals surface area contributed by atoms with Crippen LogP contribution in [-0.4, -0.2) is 36.2 Å². The summed E-state index contributed by atoms with van der Waals surface area (Å²) in [4.78, 5) is 25.5. The Bertz CT molecular complexity index is 814. The van der Waals surface area contributed by atoms with E-state index in [1.165, 1.54) is 12.7 Å². The minimum Gasteiger partial charge on any atom is -0.467 e. The summed E-state index contributed by atoms with van der Waals surface area (Å²) in [6, 6.07) is -0.620. The normalized spacial score (nSPS) is 40.1. The van der Waals surface area contributed by atoms with Gasteiger partial charge in [0, 0.05) is 11.0 Å². The number of rotatable bonds is 4. The van der Waals surface area contributed by atoms with Crippen LogP contribution >= 0.6 is 0 Å². The van der Waals surface area contributed by atoms with Gasteiger partial charge in [-0.25, -0.2) is 4.79 Å². The highest BCUT2D eigenvalue weighted by Gasteiger charge is 2.57. The van der Waals surface area contributed by atoms with Crippen molar-refractivity contribution < 1.29 is 19.4 Å². The highest BCUT2D eigenvalue weighted by Crippen LogP contribution is 2.64. The second-order valence-electron chi connectivity index (χ2n) is 11.2. The lowest BCUT2D eigenvalue weighted by molar-refractivity contribution is -0.146. The van der Waals surface area contributed by atoms with Crippen LogP contribution in [0.3, 0.4) is 0 Å². The zero-order valence-corrected chi connectivity index (χ0v) is 19.7. The number of hydrogen-bond donors (Lipinski definition) is 2. The van der Waals surface area contributed by atoms with E-state index in [0.717, 1.165) is 50.5 Å². The summed E-state index contributed by atoms with van der Waals surface area (Å²) in [5.41, 5.74) is 2.39. The molecule has 0 aliphatic heterocycles. The van der Waals surface area contributed by atoms with Crippen LogP contribution in [0.5, 0.6) is 0 Å². The molecule has 1 amide bonds. The molecule has 2 N–H and O–H groups in total. The lowest BCUT2D eigenvalue weighted by atomic mass is 9.47. The molecule has 0 heterocycles. The lowest BCUT2D eigenvalue weighted by Gasteiger charge is -2.57. The van der Waals surface area contributed by atoms with Crippen LogP contribution in [0.4, 0.5) is 0 Å². The minimum atomic E-state index is -0.620. The Balaban J connectivity index is 1.54. The van der Waals surface area contributed by atoms with Gasteiger partial charge < -0.3 is 15.2 Å². The second-order valence-corrected chi connectivity index (χ2v) is 11.2. The number of aliphatic hydroxyl groups is 1. The van der Waals surface area contributed by atoms with Gasteiger partial charge >= 0.3 is 5.97 Å². The first-order chi connectivity index (χ1) is 14.6. The van der Waals surface area contributed by atoms with Crippen molar-refractivity contribution in [2.24, 2.45) is 34.5 Å². The van der Waals surface area contributed by atoms with Crippen molar-refractivity contribution in [2.75, 3.05) is 7.11 Å². The topological polar surface area (TPSA) is 75.6 Å². The van der Waals surface area contributed by atoms with E-state index in [-0.39, 0.29) is 34.7 Å². The molecule has 4 aliphatic carbocycles. The first-order valence-corrected chi connectivity index (χ1v) is 12.1. The van der Waals surface area contributed by atoms with Crippen LogP contribution in [0.1, 0.15) is 72.6 Å². The molecule has 7 atom stereocenters. The lowest BCUT2D eigenvalue weighted by Crippen LogP contribution is -2.52. The highest BCUT2D eigenvalue weighted by molar-refractivity contribution is 5.97. The molecule has 0 spiro atoms. The third kappa shape index (κ3) is 3.57. The summed E-state index contributed by atoms with van der Waals surface area (Å²) in [5.74, 6) is 1.15. The standard InChI is InChI=1S/C26H39NO4/c1-15(2)22(24(30)31-5)27-23(29)21-9-8-19-18-7-6-16-14-17(28)10-12-25(16,3)20(18)11-13-26(19,21)4/h6,9,15,17-20,22,28H,7-8,10-14H2,1-5H3,(H,27,29)/t17-,18-,19-,20-,22?,25-,26+/m0/s1. The molecule has 0 aromatic heterocycles. The quantitative estimate of drug-likeness (QED) is 0.520. The van der Waals surface area contributed by atoms with Crippen molar-refractivity contribution >= 4 is 11.9 Å². The first-order valence-electron chi connectivity index (χ1n) is 12.1. The summed E-state index contributed by atoms with van der Waals surface area (Å²) in [6.07, 6.45) is 11.3. The Morgan fingerprint density at radius 2 is 1.81 bits per heavy atom.